The van der Waals surface area contributed by atoms with Crippen LogP contribution < -0.4 is 10.4 Å². The van der Waals surface area contributed by atoms with Gasteiger partial charge in [-0.15, -0.1) is 0 Å². The number of nitrogens with zero attached hydrogens (tertiary/aromatic N) is 5. The molecule has 0 unspecified atom stereocenters. The van der Waals surface area contributed by atoms with E-state index in [0.29, 0.717) is 12.1 Å². The van der Waals surface area contributed by atoms with Crippen molar-refractivity contribution in [3.63, 3.8) is 0 Å². The highest BCUT2D eigenvalue weighted by atomic mass is 32.2. The van der Waals surface area contributed by atoms with Gasteiger partial charge >= 0.3 is 5.97 Å². The Morgan fingerprint density at radius 1 is 0.683 bits per heavy atom. The molecule has 314 valence electrons. The number of ether oxygens (including phenoxy) is 1. The first-order valence-corrected chi connectivity index (χ1v) is 23.5. The highest BCUT2D eigenvalue weighted by Gasteiger charge is 2.41. The van der Waals surface area contributed by atoms with Gasteiger partial charge < -0.3 is 4.74 Å². The van der Waals surface area contributed by atoms with Crippen molar-refractivity contribution >= 4 is 116 Å². The number of sulfone groups is 1. The van der Waals surface area contributed by atoms with Crippen molar-refractivity contribution in [1.82, 2.24) is 0 Å². The van der Waals surface area contributed by atoms with E-state index < -0.39 is 98.1 Å². The minimum Gasteiger partial charge on any atom is -0.460 e. The van der Waals surface area contributed by atoms with E-state index in [2.05, 4.69) is 38.1 Å². The molecule has 0 bridgehead atoms. The molecule has 0 spiro atoms. The van der Waals surface area contributed by atoms with Crippen molar-refractivity contribution in [2.24, 2.45) is 0 Å². The van der Waals surface area contributed by atoms with E-state index in [1.165, 1.54) is 31.0 Å². The molecule has 0 N–H and O–H groups in total. The number of thioether (sulfide) groups is 4. The number of hydrogen-bond donors (Lipinski definition) is 0. The first-order valence-electron chi connectivity index (χ1n) is 18.5. The number of nitriles is 2. The molecule has 20 heteroatoms. The highest BCUT2D eigenvalue weighted by Crippen LogP contribution is 2.55. The van der Waals surface area contributed by atoms with E-state index in [-0.39, 0.29) is 6.61 Å². The van der Waals surface area contributed by atoms with Crippen LogP contribution >= 0.6 is 47.0 Å². The van der Waals surface area contributed by atoms with Crippen LogP contribution in [0.25, 0.3) is 46.7 Å². The second kappa shape index (κ2) is 16.7. The summed E-state index contributed by atoms with van der Waals surface area (Å²) in [4.78, 5) is 50.0. The van der Waals surface area contributed by atoms with Crippen molar-refractivity contribution < 1.29 is 32.7 Å². The number of hydrogen-bond acceptors (Lipinski definition) is 16. The largest absolute Gasteiger partial charge is 0.460 e. The number of carbonyl (C=O) groups excluding carboxylic acids is 1. The highest BCUT2D eigenvalue weighted by molar-refractivity contribution is 8.36. The van der Waals surface area contributed by atoms with Crippen LogP contribution in [0, 0.1) is 53.0 Å². The zero-order valence-electron chi connectivity index (χ0n) is 32.9. The summed E-state index contributed by atoms with van der Waals surface area (Å²) >= 11 is 6.58. The van der Waals surface area contributed by atoms with Gasteiger partial charge in [-0.2, -0.15) is 10.5 Å². The third-order valence-electron chi connectivity index (χ3n) is 10.5. The molecule has 2 heterocycles. The second-order valence-electron chi connectivity index (χ2n) is 14.1. The lowest BCUT2D eigenvalue weighted by Crippen LogP contribution is -2.17. The van der Waals surface area contributed by atoms with Gasteiger partial charge in [0, 0.05) is 49.1 Å². The third kappa shape index (κ3) is 7.63. The van der Waals surface area contributed by atoms with Crippen LogP contribution in [-0.2, 0) is 19.4 Å². The maximum atomic E-state index is 13.8. The zero-order valence-corrected chi connectivity index (χ0v) is 37.0. The predicted octanol–water partition coefficient (Wildman–Crippen LogP) is 9.53. The SMILES string of the molecule is CC1=C(C)SC(=c2c3ccccc3c(=C3SC(C)=C(COC(=O)CCS(=O)(=O)c4cc5c(c([N+](=O)[O-])c4)-c4c(cc([N+](=O)[O-])cc4[N+](=O)[O-])C5=C(C#N)C#N)S3)c3ccccc23)S1. The number of carbonyl (C=O) groups is 1. The zero-order chi connectivity index (χ0) is 45.1. The molecule has 1 aliphatic carbocycles. The van der Waals surface area contributed by atoms with Crippen LogP contribution in [0.5, 0.6) is 0 Å². The number of allylic oxidation sites excluding steroid dienone is 4. The van der Waals surface area contributed by atoms with Gasteiger partial charge in [0.05, 0.1) is 57.5 Å². The van der Waals surface area contributed by atoms with Gasteiger partial charge in [-0.25, -0.2) is 8.42 Å². The second-order valence-corrected chi connectivity index (χ2v) is 21.5. The van der Waals surface area contributed by atoms with E-state index >= 15 is 0 Å². The molecular formula is C43H27N5O10S5. The molecule has 0 saturated heterocycles. The molecule has 8 rings (SSSR count). The Kier molecular flexibility index (Phi) is 11.5. The number of benzene rings is 5. The number of fused-ring (bicyclic) bond motifs is 5. The van der Waals surface area contributed by atoms with E-state index in [4.69, 9.17) is 4.74 Å². The summed E-state index contributed by atoms with van der Waals surface area (Å²) in [6, 6.07) is 22.7. The summed E-state index contributed by atoms with van der Waals surface area (Å²) in [6.07, 6.45) is -0.657. The third-order valence-corrected chi connectivity index (χ3v) is 17.5. The standard InChI is InChI=1S/C43H27N5O10S5/c1-21-22(2)60-42(59-21)38-27-8-4-6-10-29(27)39(30-11-7-5-9-28(30)38)43-61-23(3)35(62-43)20-58-36(49)12-13-63(56,57)26-16-32-37(24(18-44)19-45)31-14-25(46(50)51)15-33(47(52)53)40(31)41(32)34(17-26)48(54)55/h4-11,14-17H,12-13,20H2,1-3H3. The average Bonchev–Trinajstić information content (AvgIpc) is 3.91. The molecule has 0 radical (unpaired) electrons. The fourth-order valence-electron chi connectivity index (χ4n) is 7.56. The van der Waals surface area contributed by atoms with Crippen molar-refractivity contribution in [2.75, 3.05) is 12.4 Å². The van der Waals surface area contributed by atoms with Crippen LogP contribution in [0.3, 0.4) is 0 Å². The molecule has 0 amide bonds. The summed E-state index contributed by atoms with van der Waals surface area (Å²) in [7, 11) is -4.55. The lowest BCUT2D eigenvalue weighted by Gasteiger charge is -2.11. The fourth-order valence-corrected chi connectivity index (χ4v) is 14.1. The van der Waals surface area contributed by atoms with Crippen molar-refractivity contribution in [3.8, 4) is 23.3 Å². The Labute approximate surface area is 374 Å². The number of nitro groups is 3. The summed E-state index contributed by atoms with van der Waals surface area (Å²) < 4.78 is 35.4. The summed E-state index contributed by atoms with van der Waals surface area (Å²) in [6.45, 7) is 6.01. The minimum atomic E-state index is -4.55. The number of rotatable bonds is 9. The van der Waals surface area contributed by atoms with Crippen molar-refractivity contribution in [1.29, 1.82) is 10.5 Å². The molecule has 15 nitrogen and oxygen atoms in total. The normalized spacial score (nSPS) is 14.5. The lowest BCUT2D eigenvalue weighted by molar-refractivity contribution is -0.394. The van der Waals surface area contributed by atoms with E-state index in [1.54, 1.807) is 47.4 Å². The van der Waals surface area contributed by atoms with Gasteiger partial charge in [0.15, 0.2) is 9.84 Å². The van der Waals surface area contributed by atoms with Gasteiger partial charge in [-0.05, 0) is 58.2 Å². The Morgan fingerprint density at radius 3 is 1.65 bits per heavy atom. The summed E-state index contributed by atoms with van der Waals surface area (Å²) in [5.41, 5.74) is -5.64. The van der Waals surface area contributed by atoms with Crippen LogP contribution in [-0.4, -0.2) is 41.5 Å². The number of nitro benzene ring substituents is 3. The van der Waals surface area contributed by atoms with Crippen molar-refractivity contribution in [3.05, 3.63) is 150 Å². The first kappa shape index (κ1) is 43.2. The van der Waals surface area contributed by atoms with Crippen LogP contribution in [0.15, 0.2) is 103 Å². The molecule has 0 aromatic heterocycles. The van der Waals surface area contributed by atoms with Gasteiger partial charge in [-0.1, -0.05) is 95.6 Å². The van der Waals surface area contributed by atoms with Crippen LogP contribution in [0.2, 0.25) is 0 Å². The molecule has 0 atom stereocenters. The van der Waals surface area contributed by atoms with E-state index in [9.17, 15) is 54.1 Å². The Balaban J connectivity index is 1.07. The van der Waals surface area contributed by atoms with E-state index in [1.807, 2.05) is 31.2 Å². The molecule has 5 aromatic rings. The number of non-ortho nitro benzene ring substituents is 1. The van der Waals surface area contributed by atoms with Crippen molar-refractivity contribution in [2.45, 2.75) is 32.1 Å². The maximum Gasteiger partial charge on any atom is 0.307 e. The topological polar surface area (TPSA) is 237 Å². The van der Waals surface area contributed by atoms with Gasteiger partial charge in [-0.3, -0.25) is 35.1 Å². The first-order chi connectivity index (χ1) is 30.0. The molecule has 2 aliphatic heterocycles. The molecule has 0 fully saturated rings. The average molecular weight is 934 g/mol. The molecule has 5 aromatic carbocycles. The Hall–Kier alpha value is -6.42. The molecule has 63 heavy (non-hydrogen) atoms. The smallest absolute Gasteiger partial charge is 0.307 e. The maximum absolute atomic E-state index is 13.8. The number of esters is 1. The monoisotopic (exact) mass is 933 g/mol. The fraction of sp³-hybridized carbons (Fsp3) is 0.140. The van der Waals surface area contributed by atoms with E-state index in [0.717, 1.165) is 52.9 Å². The summed E-state index contributed by atoms with van der Waals surface area (Å²) in [5, 5.41) is 62.5. The van der Waals surface area contributed by atoms with Gasteiger partial charge in [0.2, 0.25) is 0 Å². The summed E-state index contributed by atoms with van der Waals surface area (Å²) in [5.74, 6) is -1.74. The minimum absolute atomic E-state index is 0.151. The Bertz CT molecular complexity index is 3340. The van der Waals surface area contributed by atoms with Gasteiger partial charge in [0.1, 0.15) is 24.3 Å². The van der Waals surface area contributed by atoms with Gasteiger partial charge in [0.25, 0.3) is 17.1 Å². The van der Waals surface area contributed by atoms with Crippen LogP contribution in [0.4, 0.5) is 17.1 Å². The molecular weight excluding hydrogens is 907 g/mol. The van der Waals surface area contributed by atoms with Crippen LogP contribution in [0.1, 0.15) is 38.3 Å². The quantitative estimate of drug-likeness (QED) is 0.0431. The Morgan fingerprint density at radius 2 is 1.16 bits per heavy atom. The molecule has 3 aliphatic rings. The lowest BCUT2D eigenvalue weighted by atomic mass is 9.98. The molecule has 0 saturated carbocycles. The predicted molar refractivity (Wildman–Crippen MR) is 246 cm³/mol.